The van der Waals surface area contributed by atoms with Gasteiger partial charge in [0.1, 0.15) is 0 Å². The molecule has 0 fully saturated rings. The summed E-state index contributed by atoms with van der Waals surface area (Å²) < 4.78 is 0. The molecule has 0 bridgehead atoms. The third-order valence-electron chi connectivity index (χ3n) is 7.28. The molecule has 1 aromatic carbocycles. The van der Waals surface area contributed by atoms with Gasteiger partial charge in [-0.05, 0) is 88.9 Å². The number of carbonyl (C=O) groups is 1. The van der Waals surface area contributed by atoms with Crippen molar-refractivity contribution < 1.29 is 4.79 Å². The molecule has 0 atom stereocenters. The van der Waals surface area contributed by atoms with Crippen molar-refractivity contribution in [2.45, 2.75) is 71.1 Å². The van der Waals surface area contributed by atoms with E-state index in [0.717, 1.165) is 68.8 Å². The Bertz CT molecular complexity index is 1150. The average molecular weight is 492 g/mol. The largest absolute Gasteiger partial charge is 0.384 e. The minimum atomic E-state index is 0.0472. The Labute approximate surface area is 212 Å². The molecule has 7 heteroatoms. The number of anilines is 2. The van der Waals surface area contributed by atoms with Gasteiger partial charge in [0.25, 0.3) is 0 Å². The van der Waals surface area contributed by atoms with Gasteiger partial charge in [-0.2, -0.15) is 0 Å². The summed E-state index contributed by atoms with van der Waals surface area (Å²) in [6.07, 6.45) is 11.4. The topological polar surface area (TPSA) is 70.2 Å². The van der Waals surface area contributed by atoms with Gasteiger partial charge in [0.2, 0.25) is 5.91 Å². The summed E-state index contributed by atoms with van der Waals surface area (Å²) in [4.78, 5) is 25.8. The molecule has 1 amide bonds. The van der Waals surface area contributed by atoms with Crippen molar-refractivity contribution in [3.8, 4) is 0 Å². The SMILES string of the molecule is CCN(CCCCNc1c2c(nc3ccccc13)CCCC2)CC(=O)Nc1nc2c(s1)CCCC2. The van der Waals surface area contributed by atoms with E-state index in [4.69, 9.17) is 4.98 Å². The highest BCUT2D eigenvalue weighted by Crippen LogP contribution is 2.33. The molecule has 0 spiro atoms. The van der Waals surface area contributed by atoms with Crippen LogP contribution >= 0.6 is 11.3 Å². The van der Waals surface area contributed by atoms with E-state index in [1.54, 1.807) is 11.3 Å². The van der Waals surface area contributed by atoms with Gasteiger partial charge in [0, 0.05) is 28.2 Å². The number of fused-ring (bicyclic) bond motifs is 3. The third-order valence-corrected chi connectivity index (χ3v) is 8.35. The van der Waals surface area contributed by atoms with Crippen molar-refractivity contribution >= 4 is 39.0 Å². The maximum absolute atomic E-state index is 12.6. The fourth-order valence-electron chi connectivity index (χ4n) is 5.36. The lowest BCUT2D eigenvalue weighted by Gasteiger charge is -2.22. The first kappa shape index (κ1) is 24.2. The van der Waals surface area contributed by atoms with Gasteiger partial charge in [0.15, 0.2) is 5.13 Å². The van der Waals surface area contributed by atoms with Gasteiger partial charge in [0.05, 0.1) is 17.8 Å². The van der Waals surface area contributed by atoms with E-state index in [-0.39, 0.29) is 5.91 Å². The summed E-state index contributed by atoms with van der Waals surface area (Å²) in [5.41, 5.74) is 6.29. The Morgan fingerprint density at radius 2 is 1.80 bits per heavy atom. The summed E-state index contributed by atoms with van der Waals surface area (Å²) in [6.45, 7) is 5.29. The van der Waals surface area contributed by atoms with Crippen LogP contribution in [0, 0.1) is 0 Å². The number of aromatic nitrogens is 2. The molecule has 0 saturated carbocycles. The van der Waals surface area contributed by atoms with Crippen LogP contribution in [-0.4, -0.2) is 47.0 Å². The van der Waals surface area contributed by atoms with Crippen molar-refractivity contribution in [2.75, 3.05) is 36.8 Å². The van der Waals surface area contributed by atoms with Crippen molar-refractivity contribution in [1.82, 2.24) is 14.9 Å². The number of hydrogen-bond acceptors (Lipinski definition) is 6. The second kappa shape index (κ2) is 11.5. The Hall–Kier alpha value is -2.51. The molecule has 3 aromatic rings. The van der Waals surface area contributed by atoms with Crippen molar-refractivity contribution in [2.24, 2.45) is 0 Å². The molecule has 5 rings (SSSR count). The number of unbranched alkanes of at least 4 members (excludes halogenated alkanes) is 1. The maximum atomic E-state index is 12.6. The fourth-order valence-corrected chi connectivity index (χ4v) is 6.43. The van der Waals surface area contributed by atoms with Gasteiger partial charge >= 0.3 is 0 Å². The standard InChI is InChI=1S/C28H37N5OS/c1-2-33(19-26(34)32-28-31-24-15-7-8-16-25(24)35-28)18-10-9-17-29-27-20-11-3-5-13-22(20)30-23-14-6-4-12-21(23)27/h3,5,11,13H,2,4,6-10,12,14-19H2,1H3,(H,29,30)(H,31,32,34). The number of nitrogens with one attached hydrogen (secondary N) is 2. The minimum Gasteiger partial charge on any atom is -0.384 e. The number of amides is 1. The molecule has 2 heterocycles. The van der Waals surface area contributed by atoms with Crippen LogP contribution in [0.5, 0.6) is 0 Å². The minimum absolute atomic E-state index is 0.0472. The highest BCUT2D eigenvalue weighted by Gasteiger charge is 2.19. The first-order valence-corrected chi connectivity index (χ1v) is 14.2. The molecule has 2 aromatic heterocycles. The summed E-state index contributed by atoms with van der Waals surface area (Å²) in [7, 11) is 0. The molecule has 2 aliphatic carbocycles. The summed E-state index contributed by atoms with van der Waals surface area (Å²) >= 11 is 1.66. The lowest BCUT2D eigenvalue weighted by molar-refractivity contribution is -0.117. The monoisotopic (exact) mass is 491 g/mol. The third kappa shape index (κ3) is 5.84. The lowest BCUT2D eigenvalue weighted by Crippen LogP contribution is -2.34. The van der Waals surface area contributed by atoms with E-state index in [2.05, 4.69) is 51.7 Å². The summed E-state index contributed by atoms with van der Waals surface area (Å²) in [5, 5.41) is 8.81. The first-order chi connectivity index (χ1) is 17.2. The molecular formula is C28H37N5OS. The zero-order valence-electron chi connectivity index (χ0n) is 20.9. The van der Waals surface area contributed by atoms with Crippen LogP contribution in [0.25, 0.3) is 10.9 Å². The molecule has 186 valence electrons. The van der Waals surface area contributed by atoms with Gasteiger partial charge in [-0.25, -0.2) is 4.98 Å². The molecule has 0 unspecified atom stereocenters. The van der Waals surface area contributed by atoms with Crippen LogP contribution in [0.3, 0.4) is 0 Å². The van der Waals surface area contributed by atoms with Crippen LogP contribution in [0.1, 0.15) is 67.3 Å². The normalized spacial score (nSPS) is 15.1. The van der Waals surface area contributed by atoms with Crippen LogP contribution < -0.4 is 10.6 Å². The second-order valence-corrected chi connectivity index (χ2v) is 10.9. The lowest BCUT2D eigenvalue weighted by atomic mass is 9.92. The molecule has 0 radical (unpaired) electrons. The number of aryl methyl sites for hydroxylation is 3. The van der Waals surface area contributed by atoms with Gasteiger partial charge in [-0.3, -0.25) is 14.7 Å². The molecule has 2 N–H and O–H groups in total. The Morgan fingerprint density at radius 1 is 1.00 bits per heavy atom. The number of rotatable bonds is 10. The van der Waals surface area contributed by atoms with Gasteiger partial charge in [-0.15, -0.1) is 11.3 Å². The number of pyridine rings is 1. The van der Waals surface area contributed by atoms with Crippen LogP contribution in [0.15, 0.2) is 24.3 Å². The van der Waals surface area contributed by atoms with E-state index in [9.17, 15) is 4.79 Å². The predicted octanol–water partition coefficient (Wildman–Crippen LogP) is 5.60. The predicted molar refractivity (Wildman–Crippen MR) is 146 cm³/mol. The quantitative estimate of drug-likeness (QED) is 0.361. The zero-order chi connectivity index (χ0) is 24.0. The van der Waals surface area contributed by atoms with Crippen LogP contribution in [0.2, 0.25) is 0 Å². The summed E-state index contributed by atoms with van der Waals surface area (Å²) in [5.74, 6) is 0.0472. The van der Waals surface area contributed by atoms with Gasteiger partial charge in [-0.1, -0.05) is 25.1 Å². The number of hydrogen-bond donors (Lipinski definition) is 2. The fraction of sp³-hybridized carbons (Fsp3) is 0.536. The van der Waals surface area contributed by atoms with Crippen molar-refractivity contribution in [3.63, 3.8) is 0 Å². The summed E-state index contributed by atoms with van der Waals surface area (Å²) in [6, 6.07) is 8.50. The van der Waals surface area contributed by atoms with E-state index >= 15 is 0 Å². The van der Waals surface area contributed by atoms with Crippen LogP contribution in [-0.2, 0) is 30.5 Å². The van der Waals surface area contributed by atoms with E-state index in [1.807, 2.05) is 0 Å². The van der Waals surface area contributed by atoms with E-state index in [1.165, 1.54) is 58.6 Å². The van der Waals surface area contributed by atoms with Crippen molar-refractivity contribution in [3.05, 3.63) is 46.1 Å². The Balaban J connectivity index is 1.10. The number of benzene rings is 1. The highest BCUT2D eigenvalue weighted by molar-refractivity contribution is 7.15. The second-order valence-electron chi connectivity index (χ2n) is 9.78. The number of para-hydroxylation sites is 1. The Kier molecular flexibility index (Phi) is 7.94. The van der Waals surface area contributed by atoms with Gasteiger partial charge < -0.3 is 10.6 Å². The molecule has 0 aliphatic heterocycles. The Morgan fingerprint density at radius 3 is 2.66 bits per heavy atom. The van der Waals surface area contributed by atoms with E-state index in [0.29, 0.717) is 6.54 Å². The molecular weight excluding hydrogens is 454 g/mol. The molecule has 0 saturated heterocycles. The average Bonchev–Trinajstić information content (AvgIpc) is 3.29. The maximum Gasteiger partial charge on any atom is 0.240 e. The highest BCUT2D eigenvalue weighted by atomic mass is 32.1. The molecule has 2 aliphatic rings. The number of likely N-dealkylation sites (N-methyl/N-ethyl adjacent to an activating group) is 1. The number of nitrogens with zero attached hydrogens (tertiary/aromatic N) is 3. The first-order valence-electron chi connectivity index (χ1n) is 13.4. The number of carbonyl (C=O) groups excluding carboxylic acids is 1. The van der Waals surface area contributed by atoms with E-state index < -0.39 is 0 Å². The molecule has 35 heavy (non-hydrogen) atoms. The molecule has 6 nitrogen and oxygen atoms in total. The number of thiazole rings is 1. The zero-order valence-corrected chi connectivity index (χ0v) is 21.7. The smallest absolute Gasteiger partial charge is 0.240 e. The van der Waals surface area contributed by atoms with Crippen molar-refractivity contribution in [1.29, 1.82) is 0 Å². The van der Waals surface area contributed by atoms with Crippen LogP contribution in [0.4, 0.5) is 10.8 Å².